The molecule has 4 nitrogen and oxygen atoms in total. The Morgan fingerprint density at radius 1 is 1.54 bits per heavy atom. The highest BCUT2D eigenvalue weighted by Gasteiger charge is 1.92. The van der Waals surface area contributed by atoms with Crippen LogP contribution in [-0.2, 0) is 4.79 Å². The van der Waals surface area contributed by atoms with Gasteiger partial charge in [-0.15, -0.1) is 0 Å². The van der Waals surface area contributed by atoms with Crippen LogP contribution in [0.1, 0.15) is 6.92 Å². The average Bonchev–Trinajstić information content (AvgIpc) is 2.14. The summed E-state index contributed by atoms with van der Waals surface area (Å²) in [6.07, 6.45) is 3.32. The average molecular weight is 180 g/mol. The Kier molecular flexibility index (Phi) is 3.75. The summed E-state index contributed by atoms with van der Waals surface area (Å²) in [6.45, 7) is 2.48. The van der Waals surface area contributed by atoms with E-state index in [4.69, 9.17) is 4.74 Å². The third-order valence-electron chi connectivity index (χ3n) is 1.39. The van der Waals surface area contributed by atoms with Crippen LogP contribution in [0.15, 0.2) is 24.5 Å². The van der Waals surface area contributed by atoms with Gasteiger partial charge in [-0.2, -0.15) is 0 Å². The van der Waals surface area contributed by atoms with Gasteiger partial charge in [0.1, 0.15) is 12.4 Å². The lowest BCUT2D eigenvalue weighted by Gasteiger charge is -2.05. The van der Waals surface area contributed by atoms with Crippen molar-refractivity contribution in [2.45, 2.75) is 6.92 Å². The molecule has 1 N–H and O–H groups in total. The Balaban J connectivity index is 2.17. The van der Waals surface area contributed by atoms with Crippen molar-refractivity contribution in [3.8, 4) is 5.75 Å². The summed E-state index contributed by atoms with van der Waals surface area (Å²) in [5, 5.41) is 2.64. The first-order valence-corrected chi connectivity index (χ1v) is 4.06. The number of rotatable bonds is 4. The van der Waals surface area contributed by atoms with E-state index in [1.165, 1.54) is 6.92 Å². The minimum Gasteiger partial charge on any atom is -0.492 e. The fourth-order valence-corrected chi connectivity index (χ4v) is 0.830. The third-order valence-corrected chi connectivity index (χ3v) is 1.39. The van der Waals surface area contributed by atoms with Crippen LogP contribution in [0, 0.1) is 0 Å². The van der Waals surface area contributed by atoms with Crippen LogP contribution >= 0.6 is 0 Å². The zero-order valence-corrected chi connectivity index (χ0v) is 7.49. The molecule has 0 saturated carbocycles. The first-order valence-electron chi connectivity index (χ1n) is 4.06. The van der Waals surface area contributed by atoms with Crippen LogP contribution < -0.4 is 10.1 Å². The summed E-state index contributed by atoms with van der Waals surface area (Å²) >= 11 is 0. The van der Waals surface area contributed by atoms with Gasteiger partial charge in [-0.1, -0.05) is 0 Å². The molecule has 0 atom stereocenters. The Morgan fingerprint density at radius 3 is 2.85 bits per heavy atom. The van der Waals surface area contributed by atoms with Gasteiger partial charge in [-0.3, -0.25) is 9.78 Å². The minimum absolute atomic E-state index is 0.0432. The number of carbonyl (C=O) groups excluding carboxylic acids is 1. The number of nitrogens with one attached hydrogen (secondary N) is 1. The van der Waals surface area contributed by atoms with Crippen molar-refractivity contribution in [3.05, 3.63) is 24.5 Å². The Labute approximate surface area is 76.9 Å². The van der Waals surface area contributed by atoms with E-state index >= 15 is 0 Å². The predicted octanol–water partition coefficient (Wildman–Crippen LogP) is 0.597. The number of aromatic nitrogens is 1. The van der Waals surface area contributed by atoms with Gasteiger partial charge in [0.2, 0.25) is 5.91 Å². The SMILES string of the molecule is CC(=O)NCCOc1ccncc1. The molecule has 0 aliphatic carbocycles. The molecule has 13 heavy (non-hydrogen) atoms. The van der Waals surface area contributed by atoms with E-state index in [0.717, 1.165) is 5.75 Å². The van der Waals surface area contributed by atoms with Crippen molar-refractivity contribution in [2.24, 2.45) is 0 Å². The second kappa shape index (κ2) is 5.13. The molecular weight excluding hydrogens is 168 g/mol. The van der Waals surface area contributed by atoms with E-state index in [0.29, 0.717) is 13.2 Å². The molecule has 0 aromatic carbocycles. The van der Waals surface area contributed by atoms with Gasteiger partial charge in [-0.05, 0) is 12.1 Å². The summed E-state index contributed by atoms with van der Waals surface area (Å²) in [6, 6.07) is 3.54. The molecule has 0 spiro atoms. The number of carbonyl (C=O) groups is 1. The molecule has 0 saturated heterocycles. The number of pyridine rings is 1. The van der Waals surface area contributed by atoms with E-state index < -0.39 is 0 Å². The van der Waals surface area contributed by atoms with Crippen molar-refractivity contribution in [2.75, 3.05) is 13.2 Å². The van der Waals surface area contributed by atoms with Gasteiger partial charge in [0.25, 0.3) is 0 Å². The molecule has 0 radical (unpaired) electrons. The highest BCUT2D eigenvalue weighted by Crippen LogP contribution is 2.05. The van der Waals surface area contributed by atoms with E-state index in [-0.39, 0.29) is 5.91 Å². The molecular formula is C9H12N2O2. The molecule has 0 aliphatic rings. The number of amides is 1. The summed E-state index contributed by atoms with van der Waals surface area (Å²) < 4.78 is 5.30. The quantitative estimate of drug-likeness (QED) is 0.690. The van der Waals surface area contributed by atoms with E-state index in [9.17, 15) is 4.79 Å². The predicted molar refractivity (Wildman–Crippen MR) is 48.4 cm³/mol. The van der Waals surface area contributed by atoms with E-state index in [1.54, 1.807) is 24.5 Å². The van der Waals surface area contributed by atoms with Crippen molar-refractivity contribution < 1.29 is 9.53 Å². The standard InChI is InChI=1S/C9H12N2O2/c1-8(12)11-6-7-13-9-2-4-10-5-3-9/h2-5H,6-7H2,1H3,(H,11,12). The number of hydrogen-bond donors (Lipinski definition) is 1. The zero-order valence-electron chi connectivity index (χ0n) is 7.49. The van der Waals surface area contributed by atoms with Crippen molar-refractivity contribution in [3.63, 3.8) is 0 Å². The molecule has 1 heterocycles. The molecule has 1 aromatic rings. The molecule has 0 aliphatic heterocycles. The second-order valence-electron chi connectivity index (χ2n) is 2.51. The van der Waals surface area contributed by atoms with Gasteiger partial charge >= 0.3 is 0 Å². The molecule has 0 bridgehead atoms. The highest BCUT2D eigenvalue weighted by molar-refractivity contribution is 5.72. The van der Waals surface area contributed by atoms with Crippen molar-refractivity contribution in [1.29, 1.82) is 0 Å². The number of hydrogen-bond acceptors (Lipinski definition) is 3. The van der Waals surface area contributed by atoms with Crippen LogP contribution in [0.5, 0.6) is 5.75 Å². The maximum Gasteiger partial charge on any atom is 0.216 e. The number of ether oxygens (including phenoxy) is 1. The van der Waals surface area contributed by atoms with Crippen LogP contribution in [-0.4, -0.2) is 24.0 Å². The first-order chi connectivity index (χ1) is 6.29. The molecule has 0 unspecified atom stereocenters. The normalized spacial score (nSPS) is 9.31. The topological polar surface area (TPSA) is 51.2 Å². The molecule has 1 amide bonds. The molecule has 1 aromatic heterocycles. The van der Waals surface area contributed by atoms with Gasteiger partial charge in [0.15, 0.2) is 0 Å². The highest BCUT2D eigenvalue weighted by atomic mass is 16.5. The van der Waals surface area contributed by atoms with Crippen LogP contribution in [0.25, 0.3) is 0 Å². The summed E-state index contributed by atoms with van der Waals surface area (Å²) in [5.41, 5.74) is 0. The molecule has 70 valence electrons. The maximum absolute atomic E-state index is 10.5. The molecule has 0 fully saturated rings. The Morgan fingerprint density at radius 2 is 2.23 bits per heavy atom. The lowest BCUT2D eigenvalue weighted by atomic mass is 10.4. The smallest absolute Gasteiger partial charge is 0.216 e. The zero-order chi connectivity index (χ0) is 9.52. The summed E-state index contributed by atoms with van der Waals surface area (Å²) in [5.74, 6) is 0.721. The molecule has 1 rings (SSSR count). The fraction of sp³-hybridized carbons (Fsp3) is 0.333. The number of nitrogens with zero attached hydrogens (tertiary/aromatic N) is 1. The first kappa shape index (κ1) is 9.51. The minimum atomic E-state index is -0.0432. The third kappa shape index (κ3) is 4.10. The van der Waals surface area contributed by atoms with E-state index in [2.05, 4.69) is 10.3 Å². The van der Waals surface area contributed by atoms with E-state index in [1.807, 2.05) is 0 Å². The lowest BCUT2D eigenvalue weighted by molar-refractivity contribution is -0.119. The Bertz CT molecular complexity index is 262. The second-order valence-corrected chi connectivity index (χ2v) is 2.51. The van der Waals surface area contributed by atoms with Crippen LogP contribution in [0.2, 0.25) is 0 Å². The van der Waals surface area contributed by atoms with Gasteiger partial charge in [-0.25, -0.2) is 0 Å². The summed E-state index contributed by atoms with van der Waals surface area (Å²) in [4.78, 5) is 14.3. The van der Waals surface area contributed by atoms with Crippen molar-refractivity contribution >= 4 is 5.91 Å². The fourth-order valence-electron chi connectivity index (χ4n) is 0.830. The van der Waals surface area contributed by atoms with Crippen LogP contribution in [0.3, 0.4) is 0 Å². The Hall–Kier alpha value is -1.58. The summed E-state index contributed by atoms with van der Waals surface area (Å²) in [7, 11) is 0. The maximum atomic E-state index is 10.5. The largest absolute Gasteiger partial charge is 0.492 e. The van der Waals surface area contributed by atoms with Gasteiger partial charge in [0, 0.05) is 19.3 Å². The monoisotopic (exact) mass is 180 g/mol. The van der Waals surface area contributed by atoms with Crippen LogP contribution in [0.4, 0.5) is 0 Å². The van der Waals surface area contributed by atoms with Gasteiger partial charge < -0.3 is 10.1 Å². The molecule has 4 heteroatoms. The van der Waals surface area contributed by atoms with Crippen molar-refractivity contribution in [1.82, 2.24) is 10.3 Å². The lowest BCUT2D eigenvalue weighted by Crippen LogP contribution is -2.25. The van der Waals surface area contributed by atoms with Gasteiger partial charge in [0.05, 0.1) is 6.54 Å².